The molecule has 1 rings (SSSR count). The van der Waals surface area contributed by atoms with Crippen molar-refractivity contribution < 1.29 is 0 Å². The standard InChI is InChI=1S/C17H30ClN3/c1-5-7-9-21(10-8-6-2)17-11-15(12-19-14(3)4)16(18)13-20-17/h11,13-14,19H,5-10,12H2,1-4H3. The van der Waals surface area contributed by atoms with Crippen molar-refractivity contribution in [2.24, 2.45) is 0 Å². The van der Waals surface area contributed by atoms with Crippen molar-refractivity contribution in [1.82, 2.24) is 10.3 Å². The van der Waals surface area contributed by atoms with E-state index in [0.717, 1.165) is 36.0 Å². The third kappa shape index (κ3) is 6.66. The van der Waals surface area contributed by atoms with Crippen LogP contribution in [0.1, 0.15) is 58.9 Å². The van der Waals surface area contributed by atoms with Crippen LogP contribution in [0.5, 0.6) is 0 Å². The van der Waals surface area contributed by atoms with Gasteiger partial charge in [0.15, 0.2) is 0 Å². The smallest absolute Gasteiger partial charge is 0.128 e. The summed E-state index contributed by atoms with van der Waals surface area (Å²) in [6.45, 7) is 11.7. The molecule has 0 spiro atoms. The lowest BCUT2D eigenvalue weighted by Crippen LogP contribution is -2.27. The van der Waals surface area contributed by atoms with Gasteiger partial charge in [0, 0.05) is 31.9 Å². The average Bonchev–Trinajstić information content (AvgIpc) is 2.47. The molecule has 1 heterocycles. The molecule has 0 saturated carbocycles. The number of hydrogen-bond donors (Lipinski definition) is 1. The first-order valence-corrected chi connectivity index (χ1v) is 8.59. The number of aromatic nitrogens is 1. The highest BCUT2D eigenvalue weighted by atomic mass is 35.5. The minimum Gasteiger partial charge on any atom is -0.357 e. The summed E-state index contributed by atoms with van der Waals surface area (Å²) in [4.78, 5) is 6.93. The van der Waals surface area contributed by atoms with E-state index in [1.54, 1.807) is 6.20 Å². The molecule has 21 heavy (non-hydrogen) atoms. The summed E-state index contributed by atoms with van der Waals surface area (Å²) >= 11 is 6.27. The monoisotopic (exact) mass is 311 g/mol. The molecule has 1 aromatic rings. The summed E-state index contributed by atoms with van der Waals surface area (Å²) in [5.41, 5.74) is 1.13. The van der Waals surface area contributed by atoms with E-state index in [4.69, 9.17) is 11.6 Å². The SMILES string of the molecule is CCCCN(CCCC)c1cc(CNC(C)C)c(Cl)cn1. The Morgan fingerprint density at radius 3 is 2.33 bits per heavy atom. The molecule has 120 valence electrons. The molecule has 3 nitrogen and oxygen atoms in total. The predicted octanol–water partition coefficient (Wildman–Crippen LogP) is 4.64. The van der Waals surface area contributed by atoms with Gasteiger partial charge in [-0.05, 0) is 24.5 Å². The summed E-state index contributed by atoms with van der Waals surface area (Å²) in [6.07, 6.45) is 6.61. The zero-order valence-corrected chi connectivity index (χ0v) is 14.7. The first-order valence-electron chi connectivity index (χ1n) is 8.21. The molecule has 0 bridgehead atoms. The Bertz CT molecular complexity index is 399. The van der Waals surface area contributed by atoms with Crippen LogP contribution in [0.4, 0.5) is 5.82 Å². The number of hydrogen-bond acceptors (Lipinski definition) is 3. The molecular weight excluding hydrogens is 282 g/mol. The third-order valence-corrected chi connectivity index (χ3v) is 3.85. The second kappa shape index (κ2) is 10.0. The van der Waals surface area contributed by atoms with Crippen LogP contribution in [-0.2, 0) is 6.54 Å². The van der Waals surface area contributed by atoms with Gasteiger partial charge in [-0.3, -0.25) is 0 Å². The van der Waals surface area contributed by atoms with Crippen LogP contribution in [0, 0.1) is 0 Å². The van der Waals surface area contributed by atoms with Crippen LogP contribution >= 0.6 is 11.6 Å². The van der Waals surface area contributed by atoms with Crippen LogP contribution in [-0.4, -0.2) is 24.1 Å². The van der Waals surface area contributed by atoms with E-state index in [1.807, 2.05) is 0 Å². The van der Waals surface area contributed by atoms with Gasteiger partial charge in [-0.1, -0.05) is 52.1 Å². The van der Waals surface area contributed by atoms with Gasteiger partial charge in [0.05, 0.1) is 5.02 Å². The van der Waals surface area contributed by atoms with Crippen molar-refractivity contribution in [3.63, 3.8) is 0 Å². The van der Waals surface area contributed by atoms with Gasteiger partial charge in [0.1, 0.15) is 5.82 Å². The third-order valence-electron chi connectivity index (χ3n) is 3.51. The molecule has 0 atom stereocenters. The summed E-state index contributed by atoms with van der Waals surface area (Å²) in [6, 6.07) is 2.59. The second-order valence-corrected chi connectivity index (χ2v) is 6.27. The highest BCUT2D eigenvalue weighted by molar-refractivity contribution is 6.31. The minimum atomic E-state index is 0.453. The van der Waals surface area contributed by atoms with E-state index in [9.17, 15) is 0 Å². The summed E-state index contributed by atoms with van der Waals surface area (Å²) in [5.74, 6) is 1.06. The van der Waals surface area contributed by atoms with Crippen LogP contribution in [0.25, 0.3) is 0 Å². The van der Waals surface area contributed by atoms with Gasteiger partial charge in [0.2, 0.25) is 0 Å². The summed E-state index contributed by atoms with van der Waals surface area (Å²) in [5, 5.41) is 4.17. The molecular formula is C17H30ClN3. The number of nitrogens with one attached hydrogen (secondary N) is 1. The maximum Gasteiger partial charge on any atom is 0.128 e. The maximum absolute atomic E-state index is 6.27. The summed E-state index contributed by atoms with van der Waals surface area (Å²) < 4.78 is 0. The molecule has 0 saturated heterocycles. The Morgan fingerprint density at radius 1 is 1.19 bits per heavy atom. The number of unbranched alkanes of at least 4 members (excludes halogenated alkanes) is 2. The van der Waals surface area contributed by atoms with Gasteiger partial charge < -0.3 is 10.2 Å². The number of pyridine rings is 1. The number of rotatable bonds is 10. The van der Waals surface area contributed by atoms with Crippen molar-refractivity contribution in [3.8, 4) is 0 Å². The lowest BCUT2D eigenvalue weighted by atomic mass is 10.2. The molecule has 1 N–H and O–H groups in total. The zero-order valence-electron chi connectivity index (χ0n) is 14.0. The number of anilines is 1. The predicted molar refractivity (Wildman–Crippen MR) is 93.3 cm³/mol. The zero-order chi connectivity index (χ0) is 15.7. The van der Waals surface area contributed by atoms with Crippen LogP contribution in [0.15, 0.2) is 12.3 Å². The number of nitrogens with zero attached hydrogens (tertiary/aromatic N) is 2. The van der Waals surface area contributed by atoms with E-state index >= 15 is 0 Å². The molecule has 0 aliphatic rings. The molecule has 0 fully saturated rings. The molecule has 0 radical (unpaired) electrons. The molecule has 4 heteroatoms. The minimum absolute atomic E-state index is 0.453. The normalized spacial score (nSPS) is 11.1. The molecule has 1 aromatic heterocycles. The Balaban J connectivity index is 2.83. The van der Waals surface area contributed by atoms with E-state index < -0.39 is 0 Å². The van der Waals surface area contributed by atoms with Gasteiger partial charge in [-0.15, -0.1) is 0 Å². The second-order valence-electron chi connectivity index (χ2n) is 5.86. The van der Waals surface area contributed by atoms with Gasteiger partial charge >= 0.3 is 0 Å². The first-order chi connectivity index (χ1) is 10.1. The first kappa shape index (κ1) is 18.2. The van der Waals surface area contributed by atoms with Gasteiger partial charge in [0.25, 0.3) is 0 Å². The van der Waals surface area contributed by atoms with E-state index in [2.05, 4.69) is 49.0 Å². The maximum atomic E-state index is 6.27. The average molecular weight is 312 g/mol. The molecule has 0 aliphatic carbocycles. The van der Waals surface area contributed by atoms with Gasteiger partial charge in [-0.2, -0.15) is 0 Å². The lowest BCUT2D eigenvalue weighted by molar-refractivity contribution is 0.588. The van der Waals surface area contributed by atoms with Crippen molar-refractivity contribution in [2.75, 3.05) is 18.0 Å². The lowest BCUT2D eigenvalue weighted by Gasteiger charge is -2.24. The van der Waals surface area contributed by atoms with Crippen molar-refractivity contribution >= 4 is 17.4 Å². The van der Waals surface area contributed by atoms with Crippen LogP contribution in [0.3, 0.4) is 0 Å². The fraction of sp³-hybridized carbons (Fsp3) is 0.706. The number of halogens is 1. The molecule has 0 amide bonds. The topological polar surface area (TPSA) is 28.2 Å². The fourth-order valence-electron chi connectivity index (χ4n) is 2.13. The fourth-order valence-corrected chi connectivity index (χ4v) is 2.30. The van der Waals surface area contributed by atoms with E-state index in [-0.39, 0.29) is 0 Å². The van der Waals surface area contributed by atoms with E-state index in [0.29, 0.717) is 6.04 Å². The Morgan fingerprint density at radius 2 is 1.81 bits per heavy atom. The molecule has 0 aromatic carbocycles. The van der Waals surface area contributed by atoms with E-state index in [1.165, 1.54) is 25.7 Å². The van der Waals surface area contributed by atoms with Crippen LogP contribution < -0.4 is 10.2 Å². The summed E-state index contributed by atoms with van der Waals surface area (Å²) in [7, 11) is 0. The van der Waals surface area contributed by atoms with Crippen LogP contribution in [0.2, 0.25) is 5.02 Å². The highest BCUT2D eigenvalue weighted by Crippen LogP contribution is 2.21. The Labute approximate surface area is 135 Å². The molecule has 0 aliphatic heterocycles. The molecule has 0 unspecified atom stereocenters. The van der Waals surface area contributed by atoms with Gasteiger partial charge in [-0.25, -0.2) is 4.98 Å². The largest absolute Gasteiger partial charge is 0.357 e. The highest BCUT2D eigenvalue weighted by Gasteiger charge is 2.10. The van der Waals surface area contributed by atoms with Crippen molar-refractivity contribution in [1.29, 1.82) is 0 Å². The quantitative estimate of drug-likeness (QED) is 0.682. The van der Waals surface area contributed by atoms with Crippen molar-refractivity contribution in [2.45, 2.75) is 66.0 Å². The Hall–Kier alpha value is -0.800. The Kier molecular flexibility index (Phi) is 8.70. The van der Waals surface area contributed by atoms with Crippen molar-refractivity contribution in [3.05, 3.63) is 22.8 Å².